The first-order valence-electron chi connectivity index (χ1n) is 6.36. The maximum atomic E-state index is 11.4. The number of piperidine rings is 1. The maximum absolute atomic E-state index is 11.4. The molecular formula is C13H21N3O2S. The van der Waals surface area contributed by atoms with Crippen LogP contribution in [0, 0.1) is 5.41 Å². The molecule has 0 unspecified atom stereocenters. The van der Waals surface area contributed by atoms with Gasteiger partial charge in [0.25, 0.3) is 0 Å². The van der Waals surface area contributed by atoms with E-state index in [-0.39, 0.29) is 4.90 Å². The molecule has 106 valence electrons. The standard InChI is InChI=1S/C13H21N3O2S/c1-13(2)5-7-16(8-6-13)12-9-10(19(15,17)18)3-4-11(12)14/h3-4,9H,5-8,14H2,1-2H3,(H2,15,17,18). The molecule has 0 saturated carbocycles. The van der Waals surface area contributed by atoms with Crippen LogP contribution >= 0.6 is 0 Å². The second-order valence-electron chi connectivity index (χ2n) is 5.92. The molecule has 1 aliphatic rings. The summed E-state index contributed by atoms with van der Waals surface area (Å²) in [6.07, 6.45) is 2.12. The van der Waals surface area contributed by atoms with Gasteiger partial charge in [-0.2, -0.15) is 0 Å². The molecule has 5 nitrogen and oxygen atoms in total. The lowest BCUT2D eigenvalue weighted by Crippen LogP contribution is -2.37. The second-order valence-corrected chi connectivity index (χ2v) is 7.48. The highest BCUT2D eigenvalue weighted by Crippen LogP contribution is 2.35. The summed E-state index contributed by atoms with van der Waals surface area (Å²) >= 11 is 0. The number of nitrogens with two attached hydrogens (primary N) is 2. The Balaban J connectivity index is 2.30. The molecule has 0 radical (unpaired) electrons. The number of nitrogen functional groups attached to an aromatic ring is 1. The van der Waals surface area contributed by atoms with Crippen molar-refractivity contribution in [1.82, 2.24) is 0 Å². The smallest absolute Gasteiger partial charge is 0.238 e. The van der Waals surface area contributed by atoms with Gasteiger partial charge in [-0.15, -0.1) is 0 Å². The molecule has 1 aromatic carbocycles. The van der Waals surface area contributed by atoms with Gasteiger partial charge in [-0.05, 0) is 36.5 Å². The summed E-state index contributed by atoms with van der Waals surface area (Å²) in [6.45, 7) is 6.25. The van der Waals surface area contributed by atoms with Crippen LogP contribution in [0.15, 0.2) is 23.1 Å². The van der Waals surface area contributed by atoms with E-state index in [2.05, 4.69) is 18.7 Å². The second kappa shape index (κ2) is 4.68. The molecular weight excluding hydrogens is 262 g/mol. The zero-order valence-electron chi connectivity index (χ0n) is 11.4. The van der Waals surface area contributed by atoms with E-state index in [0.717, 1.165) is 31.6 Å². The van der Waals surface area contributed by atoms with Crippen LogP contribution < -0.4 is 15.8 Å². The number of hydrogen-bond acceptors (Lipinski definition) is 4. The van der Waals surface area contributed by atoms with Crippen molar-refractivity contribution in [2.24, 2.45) is 10.6 Å². The van der Waals surface area contributed by atoms with Crippen LogP contribution in [0.1, 0.15) is 26.7 Å². The highest BCUT2D eigenvalue weighted by atomic mass is 32.2. The Bertz CT molecular complexity index is 572. The summed E-state index contributed by atoms with van der Waals surface area (Å²) in [5.41, 5.74) is 7.65. The third kappa shape index (κ3) is 3.19. The Kier molecular flexibility index (Phi) is 3.49. The Morgan fingerprint density at radius 2 is 1.79 bits per heavy atom. The molecule has 19 heavy (non-hydrogen) atoms. The van der Waals surface area contributed by atoms with Crippen molar-refractivity contribution in [3.8, 4) is 0 Å². The largest absolute Gasteiger partial charge is 0.397 e. The number of sulfonamides is 1. The first-order valence-corrected chi connectivity index (χ1v) is 7.91. The van der Waals surface area contributed by atoms with Gasteiger partial charge in [0.15, 0.2) is 0 Å². The quantitative estimate of drug-likeness (QED) is 0.806. The average molecular weight is 283 g/mol. The summed E-state index contributed by atoms with van der Waals surface area (Å²) in [5, 5.41) is 5.16. The molecule has 1 fully saturated rings. The van der Waals surface area contributed by atoms with E-state index in [1.165, 1.54) is 6.07 Å². The number of hydrogen-bond donors (Lipinski definition) is 2. The molecule has 0 aliphatic carbocycles. The van der Waals surface area contributed by atoms with Gasteiger partial charge < -0.3 is 10.6 Å². The maximum Gasteiger partial charge on any atom is 0.238 e. The lowest BCUT2D eigenvalue weighted by molar-refractivity contribution is 0.280. The SMILES string of the molecule is CC1(C)CCN(c2cc(S(N)(=O)=O)ccc2N)CC1. The number of anilines is 2. The van der Waals surface area contributed by atoms with Gasteiger partial charge in [0.1, 0.15) is 0 Å². The number of benzene rings is 1. The van der Waals surface area contributed by atoms with Crippen molar-refractivity contribution in [3.05, 3.63) is 18.2 Å². The number of primary sulfonamides is 1. The fourth-order valence-corrected chi connectivity index (χ4v) is 2.86. The van der Waals surface area contributed by atoms with Crippen LogP contribution in [0.25, 0.3) is 0 Å². The summed E-state index contributed by atoms with van der Waals surface area (Å²) in [6, 6.07) is 4.62. The topological polar surface area (TPSA) is 89.4 Å². The van der Waals surface area contributed by atoms with E-state index in [0.29, 0.717) is 11.1 Å². The van der Waals surface area contributed by atoms with Crippen molar-refractivity contribution in [1.29, 1.82) is 0 Å². The number of nitrogens with zero attached hydrogens (tertiary/aromatic N) is 1. The van der Waals surface area contributed by atoms with E-state index < -0.39 is 10.0 Å². The first kappa shape index (κ1) is 14.1. The van der Waals surface area contributed by atoms with E-state index in [1.807, 2.05) is 0 Å². The molecule has 4 N–H and O–H groups in total. The predicted molar refractivity (Wildman–Crippen MR) is 77.5 cm³/mol. The minimum atomic E-state index is -3.69. The Labute approximate surface area is 114 Å². The molecule has 1 aliphatic heterocycles. The molecule has 1 aromatic rings. The van der Waals surface area contributed by atoms with Crippen LogP contribution in [0.3, 0.4) is 0 Å². The van der Waals surface area contributed by atoms with Crippen molar-refractivity contribution < 1.29 is 8.42 Å². The fourth-order valence-electron chi connectivity index (χ4n) is 2.33. The van der Waals surface area contributed by atoms with Gasteiger partial charge in [0.2, 0.25) is 10.0 Å². The van der Waals surface area contributed by atoms with Gasteiger partial charge in [-0.25, -0.2) is 13.6 Å². The third-order valence-corrected chi connectivity index (χ3v) is 4.70. The lowest BCUT2D eigenvalue weighted by atomic mass is 9.82. The Morgan fingerprint density at radius 1 is 1.21 bits per heavy atom. The van der Waals surface area contributed by atoms with Gasteiger partial charge in [0.05, 0.1) is 16.3 Å². The average Bonchev–Trinajstić information content (AvgIpc) is 2.29. The summed E-state index contributed by atoms with van der Waals surface area (Å²) < 4.78 is 22.8. The van der Waals surface area contributed by atoms with Gasteiger partial charge in [-0.3, -0.25) is 0 Å². The van der Waals surface area contributed by atoms with Crippen molar-refractivity contribution in [2.75, 3.05) is 23.7 Å². The highest BCUT2D eigenvalue weighted by molar-refractivity contribution is 7.89. The molecule has 1 heterocycles. The van der Waals surface area contributed by atoms with E-state index >= 15 is 0 Å². The zero-order chi connectivity index (χ0) is 14.3. The van der Waals surface area contributed by atoms with Crippen molar-refractivity contribution in [2.45, 2.75) is 31.6 Å². The molecule has 0 spiro atoms. The molecule has 1 saturated heterocycles. The van der Waals surface area contributed by atoms with E-state index in [1.54, 1.807) is 12.1 Å². The van der Waals surface area contributed by atoms with Crippen LogP contribution in [0.2, 0.25) is 0 Å². The summed E-state index contributed by atoms with van der Waals surface area (Å²) in [4.78, 5) is 2.25. The third-order valence-electron chi connectivity index (χ3n) is 3.79. The molecule has 0 bridgehead atoms. The van der Waals surface area contributed by atoms with Gasteiger partial charge in [-0.1, -0.05) is 13.8 Å². The number of rotatable bonds is 2. The molecule has 2 rings (SSSR count). The van der Waals surface area contributed by atoms with E-state index in [4.69, 9.17) is 10.9 Å². The van der Waals surface area contributed by atoms with Crippen LogP contribution in [-0.4, -0.2) is 21.5 Å². The molecule has 0 aromatic heterocycles. The highest BCUT2D eigenvalue weighted by Gasteiger charge is 2.26. The molecule has 0 amide bonds. The normalized spacial score (nSPS) is 19.4. The minimum Gasteiger partial charge on any atom is -0.397 e. The van der Waals surface area contributed by atoms with Crippen molar-refractivity contribution in [3.63, 3.8) is 0 Å². The molecule has 6 heteroatoms. The fraction of sp³-hybridized carbons (Fsp3) is 0.538. The van der Waals surface area contributed by atoms with Gasteiger partial charge >= 0.3 is 0 Å². The molecule has 0 atom stereocenters. The van der Waals surface area contributed by atoms with E-state index in [9.17, 15) is 8.42 Å². The Morgan fingerprint density at radius 3 is 2.32 bits per heavy atom. The predicted octanol–water partition coefficient (Wildman–Crippen LogP) is 1.54. The Hall–Kier alpha value is -1.27. The van der Waals surface area contributed by atoms with Crippen LogP contribution in [-0.2, 0) is 10.0 Å². The van der Waals surface area contributed by atoms with Gasteiger partial charge in [0, 0.05) is 13.1 Å². The van der Waals surface area contributed by atoms with Crippen molar-refractivity contribution >= 4 is 21.4 Å². The minimum absolute atomic E-state index is 0.113. The first-order chi connectivity index (χ1) is 8.69. The van der Waals surface area contributed by atoms with Crippen LogP contribution in [0.5, 0.6) is 0 Å². The van der Waals surface area contributed by atoms with Crippen LogP contribution in [0.4, 0.5) is 11.4 Å². The lowest BCUT2D eigenvalue weighted by Gasteiger charge is -2.38. The summed E-state index contributed by atoms with van der Waals surface area (Å²) in [7, 11) is -3.69. The monoisotopic (exact) mass is 283 g/mol. The summed E-state index contributed by atoms with van der Waals surface area (Å²) in [5.74, 6) is 0. The zero-order valence-corrected chi connectivity index (χ0v) is 12.2.